The van der Waals surface area contributed by atoms with E-state index < -0.39 is 6.10 Å². The topological polar surface area (TPSA) is 71.0 Å². The number of nitrogens with zero attached hydrogens (tertiary/aromatic N) is 1. The van der Waals surface area contributed by atoms with Crippen LogP contribution in [0.1, 0.15) is 48.7 Å². The Balaban J connectivity index is 1.49. The Morgan fingerprint density at radius 1 is 1.10 bits per heavy atom. The molecule has 1 atom stereocenters. The molecule has 0 bridgehead atoms. The van der Waals surface area contributed by atoms with Crippen molar-refractivity contribution in [2.75, 3.05) is 31.6 Å². The number of thiocarbonyl (C=S) groups is 1. The van der Waals surface area contributed by atoms with E-state index in [2.05, 4.69) is 10.2 Å². The van der Waals surface area contributed by atoms with Crippen molar-refractivity contribution >= 4 is 29.0 Å². The third-order valence-electron chi connectivity index (χ3n) is 5.45. The van der Waals surface area contributed by atoms with Gasteiger partial charge in [-0.15, -0.1) is 0 Å². The number of aliphatic hydroxyl groups excluding tert-OH is 1. The average Bonchev–Trinajstić information content (AvgIpc) is 2.80. The summed E-state index contributed by atoms with van der Waals surface area (Å²) in [6, 6.07) is 14.8. The third-order valence-corrected chi connectivity index (χ3v) is 5.81. The van der Waals surface area contributed by atoms with Crippen molar-refractivity contribution in [2.45, 2.75) is 32.8 Å². The van der Waals surface area contributed by atoms with Gasteiger partial charge in [-0.1, -0.05) is 12.1 Å². The lowest BCUT2D eigenvalue weighted by Gasteiger charge is -2.36. The molecule has 0 radical (unpaired) electrons. The van der Waals surface area contributed by atoms with Crippen molar-refractivity contribution in [1.29, 1.82) is 0 Å². The Kier molecular flexibility index (Phi) is 8.26. The van der Waals surface area contributed by atoms with Crippen LogP contribution in [0, 0.1) is 5.92 Å². The van der Waals surface area contributed by atoms with E-state index in [9.17, 15) is 9.90 Å². The van der Waals surface area contributed by atoms with Gasteiger partial charge in [0.25, 0.3) is 0 Å². The molecule has 3 rings (SSSR count). The lowest BCUT2D eigenvalue weighted by Crippen LogP contribution is -2.41. The van der Waals surface area contributed by atoms with Gasteiger partial charge in [0.15, 0.2) is 5.11 Å². The molecule has 1 heterocycles. The number of likely N-dealkylation sites (tertiary alicyclic amines) is 1. The number of ether oxygens (including phenoxy) is 2. The zero-order valence-electron chi connectivity index (χ0n) is 18.0. The molecule has 0 amide bonds. The zero-order chi connectivity index (χ0) is 22.2. The second kappa shape index (κ2) is 11.1. The molecular formula is C24H30N2O4S. The number of carbonyl (C=O) groups is 1. The Labute approximate surface area is 189 Å². The molecule has 0 aliphatic carbocycles. The van der Waals surface area contributed by atoms with Crippen LogP contribution in [0.25, 0.3) is 0 Å². The summed E-state index contributed by atoms with van der Waals surface area (Å²) < 4.78 is 10.5. The summed E-state index contributed by atoms with van der Waals surface area (Å²) in [5.41, 5.74) is 2.27. The molecule has 2 aromatic carbocycles. The third kappa shape index (κ3) is 6.18. The molecule has 1 saturated heterocycles. The quantitative estimate of drug-likeness (QED) is 0.486. The fourth-order valence-corrected chi connectivity index (χ4v) is 4.03. The molecule has 7 heteroatoms. The highest BCUT2D eigenvalue weighted by Gasteiger charge is 2.27. The first-order valence-corrected chi connectivity index (χ1v) is 11.2. The van der Waals surface area contributed by atoms with Gasteiger partial charge in [-0.05, 0) is 86.8 Å². The maximum Gasteiger partial charge on any atom is 0.338 e. The maximum absolute atomic E-state index is 11.8. The highest BCUT2D eigenvalue weighted by molar-refractivity contribution is 7.80. The Hall–Kier alpha value is -2.64. The van der Waals surface area contributed by atoms with E-state index in [-0.39, 0.29) is 11.9 Å². The smallest absolute Gasteiger partial charge is 0.338 e. The average molecular weight is 443 g/mol. The number of rotatable bonds is 7. The summed E-state index contributed by atoms with van der Waals surface area (Å²) in [4.78, 5) is 13.9. The highest BCUT2D eigenvalue weighted by atomic mass is 32.1. The molecule has 0 aromatic heterocycles. The normalized spacial score (nSPS) is 15.3. The Morgan fingerprint density at radius 2 is 1.74 bits per heavy atom. The second-order valence-electron chi connectivity index (χ2n) is 7.50. The van der Waals surface area contributed by atoms with E-state index in [0.717, 1.165) is 42.9 Å². The summed E-state index contributed by atoms with van der Waals surface area (Å²) in [6.07, 6.45) is 1.23. The van der Waals surface area contributed by atoms with Crippen LogP contribution in [0.3, 0.4) is 0 Å². The molecule has 2 N–H and O–H groups in total. The van der Waals surface area contributed by atoms with E-state index >= 15 is 0 Å². The number of piperidine rings is 1. The molecule has 166 valence electrons. The second-order valence-corrected chi connectivity index (χ2v) is 7.89. The van der Waals surface area contributed by atoms with Crippen molar-refractivity contribution in [3.63, 3.8) is 0 Å². The van der Waals surface area contributed by atoms with E-state index in [4.69, 9.17) is 21.7 Å². The van der Waals surface area contributed by atoms with Crippen LogP contribution >= 0.6 is 12.2 Å². The van der Waals surface area contributed by atoms with Gasteiger partial charge in [0, 0.05) is 18.8 Å². The van der Waals surface area contributed by atoms with Crippen molar-refractivity contribution in [3.05, 3.63) is 59.7 Å². The molecule has 0 saturated carbocycles. The number of hydrogen-bond acceptors (Lipinski definition) is 5. The number of anilines is 1. The van der Waals surface area contributed by atoms with Gasteiger partial charge in [0.1, 0.15) is 5.75 Å². The fraction of sp³-hybridized carbons (Fsp3) is 0.417. The summed E-state index contributed by atoms with van der Waals surface area (Å²) in [6.45, 7) is 6.29. The van der Waals surface area contributed by atoms with Crippen LogP contribution in [-0.2, 0) is 4.74 Å². The molecule has 6 nitrogen and oxygen atoms in total. The minimum absolute atomic E-state index is 0.195. The number of esters is 1. The number of benzene rings is 2. The first-order valence-electron chi connectivity index (χ1n) is 10.8. The number of hydrogen-bond donors (Lipinski definition) is 2. The number of aliphatic hydroxyl groups is 1. The van der Waals surface area contributed by atoms with Gasteiger partial charge in [0.05, 0.1) is 24.9 Å². The number of nitrogens with one attached hydrogen (secondary N) is 1. The molecule has 1 aliphatic rings. The monoisotopic (exact) mass is 442 g/mol. The Morgan fingerprint density at radius 3 is 2.32 bits per heavy atom. The van der Waals surface area contributed by atoms with Crippen LogP contribution in [0.15, 0.2) is 48.5 Å². The van der Waals surface area contributed by atoms with Crippen molar-refractivity contribution in [2.24, 2.45) is 5.92 Å². The van der Waals surface area contributed by atoms with Crippen LogP contribution in [0.4, 0.5) is 5.69 Å². The van der Waals surface area contributed by atoms with E-state index in [1.165, 1.54) is 0 Å². The minimum Gasteiger partial charge on any atom is -0.494 e. The maximum atomic E-state index is 11.8. The Bertz CT molecular complexity index is 862. The van der Waals surface area contributed by atoms with Gasteiger partial charge in [0.2, 0.25) is 0 Å². The summed E-state index contributed by atoms with van der Waals surface area (Å²) in [5.74, 6) is 0.686. The van der Waals surface area contributed by atoms with E-state index in [0.29, 0.717) is 23.9 Å². The van der Waals surface area contributed by atoms with Crippen LogP contribution in [0.2, 0.25) is 0 Å². The lowest BCUT2D eigenvalue weighted by molar-refractivity contribution is 0.0526. The van der Waals surface area contributed by atoms with Crippen molar-refractivity contribution < 1.29 is 19.4 Å². The summed E-state index contributed by atoms with van der Waals surface area (Å²) in [7, 11) is 0. The summed E-state index contributed by atoms with van der Waals surface area (Å²) >= 11 is 5.57. The summed E-state index contributed by atoms with van der Waals surface area (Å²) in [5, 5.41) is 14.7. The van der Waals surface area contributed by atoms with Crippen LogP contribution in [-0.4, -0.2) is 47.4 Å². The predicted octanol–water partition coefficient (Wildman–Crippen LogP) is 4.40. The first-order chi connectivity index (χ1) is 15.0. The largest absolute Gasteiger partial charge is 0.494 e. The van der Waals surface area contributed by atoms with Gasteiger partial charge in [-0.2, -0.15) is 0 Å². The molecule has 0 spiro atoms. The lowest BCUT2D eigenvalue weighted by atomic mass is 9.87. The van der Waals surface area contributed by atoms with Gasteiger partial charge >= 0.3 is 5.97 Å². The van der Waals surface area contributed by atoms with E-state index in [1.807, 2.05) is 43.3 Å². The van der Waals surface area contributed by atoms with Gasteiger partial charge in [-0.3, -0.25) is 0 Å². The molecular weight excluding hydrogens is 412 g/mol. The molecule has 1 fully saturated rings. The molecule has 0 unspecified atom stereocenters. The zero-order valence-corrected chi connectivity index (χ0v) is 18.9. The van der Waals surface area contributed by atoms with Gasteiger partial charge in [-0.25, -0.2) is 4.79 Å². The minimum atomic E-state index is -0.491. The standard InChI is InChI=1S/C24H30N2O4S/c1-3-29-21-11-7-17(8-12-21)22(27)18-13-15-26(16-14-18)24(31)25-20-9-5-19(6-10-20)23(28)30-4-2/h5-12,18,22,27H,3-4,13-16H2,1-2H3,(H,25,31)/t22-/m0/s1. The van der Waals surface area contributed by atoms with E-state index in [1.54, 1.807) is 19.1 Å². The van der Waals surface area contributed by atoms with Crippen molar-refractivity contribution in [1.82, 2.24) is 4.90 Å². The number of carbonyl (C=O) groups excluding carboxylic acids is 1. The van der Waals surface area contributed by atoms with Gasteiger partial charge < -0.3 is 24.8 Å². The highest BCUT2D eigenvalue weighted by Crippen LogP contribution is 2.31. The molecule has 2 aromatic rings. The first kappa shape index (κ1) is 23.0. The van der Waals surface area contributed by atoms with Crippen LogP contribution in [0.5, 0.6) is 5.75 Å². The SMILES string of the molecule is CCOC(=O)c1ccc(NC(=S)N2CCC([C@@H](O)c3ccc(OCC)cc3)CC2)cc1. The fourth-order valence-electron chi connectivity index (χ4n) is 3.72. The van der Waals surface area contributed by atoms with Crippen molar-refractivity contribution in [3.8, 4) is 5.75 Å². The molecule has 31 heavy (non-hydrogen) atoms. The molecule has 1 aliphatic heterocycles. The van der Waals surface area contributed by atoms with Crippen LogP contribution < -0.4 is 10.1 Å². The predicted molar refractivity (Wildman–Crippen MR) is 125 cm³/mol.